The van der Waals surface area contributed by atoms with E-state index in [4.69, 9.17) is 9.47 Å². The number of ether oxygens (including phenoxy) is 2. The van der Waals surface area contributed by atoms with Crippen molar-refractivity contribution in [1.82, 2.24) is 0 Å². The highest BCUT2D eigenvalue weighted by Crippen LogP contribution is 2.23. The van der Waals surface area contributed by atoms with Crippen LogP contribution in [0, 0.1) is 10.1 Å². The molecule has 0 radical (unpaired) electrons. The van der Waals surface area contributed by atoms with Crippen LogP contribution in [0.5, 0.6) is 5.75 Å². The molecule has 1 N–H and O–H groups in total. The second-order valence-corrected chi connectivity index (χ2v) is 6.20. The van der Waals surface area contributed by atoms with Crippen LogP contribution in [0.1, 0.15) is 15.9 Å². The second kappa shape index (κ2) is 9.83. The van der Waals surface area contributed by atoms with E-state index in [0.717, 1.165) is 11.3 Å². The van der Waals surface area contributed by atoms with Crippen molar-refractivity contribution in [3.05, 3.63) is 100 Å². The molecule has 0 heterocycles. The van der Waals surface area contributed by atoms with Gasteiger partial charge >= 0.3 is 5.97 Å². The fourth-order valence-corrected chi connectivity index (χ4v) is 2.56. The summed E-state index contributed by atoms with van der Waals surface area (Å²) in [4.78, 5) is 34.5. The summed E-state index contributed by atoms with van der Waals surface area (Å²) in [6.07, 6.45) is 0. The molecule has 8 heteroatoms. The number of benzene rings is 3. The molecule has 0 saturated carbocycles. The van der Waals surface area contributed by atoms with Crippen molar-refractivity contribution >= 4 is 23.3 Å². The van der Waals surface area contributed by atoms with E-state index in [9.17, 15) is 19.7 Å². The first-order valence-corrected chi connectivity index (χ1v) is 9.00. The Kier molecular flexibility index (Phi) is 6.73. The molecule has 152 valence electrons. The van der Waals surface area contributed by atoms with Gasteiger partial charge in [0.2, 0.25) is 0 Å². The first-order chi connectivity index (χ1) is 14.5. The molecule has 0 aliphatic heterocycles. The molecule has 0 bridgehead atoms. The van der Waals surface area contributed by atoms with E-state index >= 15 is 0 Å². The van der Waals surface area contributed by atoms with Crippen LogP contribution in [-0.2, 0) is 16.1 Å². The fourth-order valence-electron chi connectivity index (χ4n) is 2.56. The number of hydrogen-bond donors (Lipinski definition) is 1. The van der Waals surface area contributed by atoms with Crippen LogP contribution >= 0.6 is 0 Å². The lowest BCUT2D eigenvalue weighted by Crippen LogP contribution is -2.21. The quantitative estimate of drug-likeness (QED) is 0.345. The molecule has 3 aromatic rings. The van der Waals surface area contributed by atoms with E-state index in [1.54, 1.807) is 30.3 Å². The van der Waals surface area contributed by atoms with Crippen molar-refractivity contribution in [3.63, 3.8) is 0 Å². The molecule has 0 aromatic heterocycles. The Morgan fingerprint density at radius 2 is 1.57 bits per heavy atom. The minimum Gasteiger partial charge on any atom is -0.489 e. The molecule has 0 aliphatic carbocycles. The third-order valence-electron chi connectivity index (χ3n) is 4.05. The average molecular weight is 406 g/mol. The zero-order valence-corrected chi connectivity index (χ0v) is 15.8. The molecular weight excluding hydrogens is 388 g/mol. The molecule has 0 atom stereocenters. The lowest BCUT2D eigenvalue weighted by Gasteiger charge is -2.08. The summed E-state index contributed by atoms with van der Waals surface area (Å²) in [5, 5.41) is 13.3. The van der Waals surface area contributed by atoms with Crippen molar-refractivity contribution in [3.8, 4) is 5.75 Å². The number of nitrogens with one attached hydrogen (secondary N) is 1. The van der Waals surface area contributed by atoms with Crippen molar-refractivity contribution in [2.24, 2.45) is 0 Å². The standard InChI is InChI=1S/C22H18N2O6/c25-21(23-19-8-4-5-9-20(19)24(27)28)15-30-22(26)17-12-10-16(11-13-17)14-29-18-6-2-1-3-7-18/h1-13H,14-15H2,(H,23,25). The Morgan fingerprint density at radius 3 is 2.27 bits per heavy atom. The lowest BCUT2D eigenvalue weighted by molar-refractivity contribution is -0.383. The number of anilines is 1. The van der Waals surface area contributed by atoms with Gasteiger partial charge in [0.05, 0.1) is 10.5 Å². The summed E-state index contributed by atoms with van der Waals surface area (Å²) in [6.45, 7) is -0.221. The number of nitrogens with zero attached hydrogens (tertiary/aromatic N) is 1. The minimum atomic E-state index is -0.678. The van der Waals surface area contributed by atoms with E-state index < -0.39 is 23.4 Å². The third-order valence-corrected chi connectivity index (χ3v) is 4.05. The maximum Gasteiger partial charge on any atom is 0.338 e. The number of para-hydroxylation sites is 3. The molecule has 3 rings (SSSR count). The predicted octanol–water partition coefficient (Wildman–Crippen LogP) is 3.97. The molecule has 1 amide bonds. The Labute approximate surface area is 172 Å². The smallest absolute Gasteiger partial charge is 0.338 e. The molecule has 0 aliphatic rings. The number of carbonyl (C=O) groups is 2. The van der Waals surface area contributed by atoms with Gasteiger partial charge in [-0.3, -0.25) is 14.9 Å². The van der Waals surface area contributed by atoms with Gasteiger partial charge in [-0.2, -0.15) is 0 Å². The largest absolute Gasteiger partial charge is 0.489 e. The Hall–Kier alpha value is -4.20. The van der Waals surface area contributed by atoms with Gasteiger partial charge < -0.3 is 14.8 Å². The zero-order valence-electron chi connectivity index (χ0n) is 15.8. The van der Waals surface area contributed by atoms with Gasteiger partial charge in [-0.15, -0.1) is 0 Å². The highest BCUT2D eigenvalue weighted by atomic mass is 16.6. The van der Waals surface area contributed by atoms with Crippen molar-refractivity contribution in [2.75, 3.05) is 11.9 Å². The first-order valence-electron chi connectivity index (χ1n) is 9.00. The SMILES string of the molecule is O=C(COC(=O)c1ccc(COc2ccccc2)cc1)Nc1ccccc1[N+](=O)[O-]. The lowest BCUT2D eigenvalue weighted by atomic mass is 10.1. The van der Waals surface area contributed by atoms with E-state index in [1.807, 2.05) is 30.3 Å². The molecular formula is C22H18N2O6. The van der Waals surface area contributed by atoms with Crippen LogP contribution < -0.4 is 10.1 Å². The van der Waals surface area contributed by atoms with E-state index in [1.165, 1.54) is 18.2 Å². The van der Waals surface area contributed by atoms with Crippen LogP contribution in [0.2, 0.25) is 0 Å². The van der Waals surface area contributed by atoms with Crippen LogP contribution in [0.25, 0.3) is 0 Å². The van der Waals surface area contributed by atoms with E-state index in [2.05, 4.69) is 5.32 Å². The number of carbonyl (C=O) groups excluding carboxylic acids is 2. The van der Waals surface area contributed by atoms with Gasteiger partial charge in [0.25, 0.3) is 11.6 Å². The van der Waals surface area contributed by atoms with Crippen molar-refractivity contribution in [2.45, 2.75) is 6.61 Å². The summed E-state index contributed by atoms with van der Waals surface area (Å²) in [5.41, 5.74) is 0.929. The summed E-state index contributed by atoms with van der Waals surface area (Å²) in [7, 11) is 0. The van der Waals surface area contributed by atoms with Crippen molar-refractivity contribution < 1.29 is 24.0 Å². The Balaban J connectivity index is 1.50. The number of esters is 1. The summed E-state index contributed by atoms with van der Waals surface area (Å²) in [5.74, 6) is -0.612. The number of rotatable bonds is 8. The molecule has 0 saturated heterocycles. The predicted molar refractivity (Wildman–Crippen MR) is 109 cm³/mol. The maximum atomic E-state index is 12.1. The van der Waals surface area contributed by atoms with Crippen LogP contribution in [0.3, 0.4) is 0 Å². The summed E-state index contributed by atoms with van der Waals surface area (Å²) >= 11 is 0. The van der Waals surface area contributed by atoms with E-state index in [0.29, 0.717) is 6.61 Å². The van der Waals surface area contributed by atoms with E-state index in [-0.39, 0.29) is 16.9 Å². The van der Waals surface area contributed by atoms with Gasteiger partial charge in [-0.25, -0.2) is 4.79 Å². The van der Waals surface area contributed by atoms with Gasteiger partial charge in [0.15, 0.2) is 6.61 Å². The second-order valence-electron chi connectivity index (χ2n) is 6.20. The molecule has 0 spiro atoms. The first kappa shape index (κ1) is 20.5. The maximum absolute atomic E-state index is 12.1. The van der Waals surface area contributed by atoms with Crippen LogP contribution in [0.15, 0.2) is 78.9 Å². The zero-order chi connectivity index (χ0) is 21.3. The molecule has 0 unspecified atom stereocenters. The number of nitro groups is 1. The number of amides is 1. The average Bonchev–Trinajstić information content (AvgIpc) is 2.77. The third kappa shape index (κ3) is 5.65. The number of hydrogen-bond acceptors (Lipinski definition) is 6. The molecule has 0 fully saturated rings. The Morgan fingerprint density at radius 1 is 0.900 bits per heavy atom. The molecule has 30 heavy (non-hydrogen) atoms. The topological polar surface area (TPSA) is 108 Å². The Bertz CT molecular complexity index is 1040. The van der Waals surface area contributed by atoms with Gasteiger partial charge in [0.1, 0.15) is 18.0 Å². The van der Waals surface area contributed by atoms with Crippen molar-refractivity contribution in [1.29, 1.82) is 0 Å². The van der Waals surface area contributed by atoms with Crippen LogP contribution in [0.4, 0.5) is 11.4 Å². The van der Waals surface area contributed by atoms with Crippen LogP contribution in [-0.4, -0.2) is 23.4 Å². The normalized spacial score (nSPS) is 10.1. The molecule has 3 aromatic carbocycles. The fraction of sp³-hybridized carbons (Fsp3) is 0.0909. The minimum absolute atomic E-state index is 0.0336. The highest BCUT2D eigenvalue weighted by Gasteiger charge is 2.16. The summed E-state index contributed by atoms with van der Waals surface area (Å²) < 4.78 is 10.6. The number of nitro benzene ring substituents is 1. The highest BCUT2D eigenvalue weighted by molar-refractivity contribution is 5.96. The van der Waals surface area contributed by atoms with Gasteiger partial charge in [-0.1, -0.05) is 42.5 Å². The molecule has 8 nitrogen and oxygen atoms in total. The summed E-state index contributed by atoms with van der Waals surface area (Å²) in [6, 6.07) is 21.7. The monoisotopic (exact) mass is 406 g/mol. The van der Waals surface area contributed by atoms with Gasteiger partial charge in [-0.05, 0) is 35.9 Å². The van der Waals surface area contributed by atoms with Gasteiger partial charge in [0, 0.05) is 6.07 Å².